The molecular formula is C33H34N4O. The number of carbonyl (C=O) groups is 1. The molecule has 5 heteroatoms. The molecule has 4 aromatic rings. The first-order valence-corrected chi connectivity index (χ1v) is 13.7. The first kappa shape index (κ1) is 24.4. The molecule has 1 fully saturated rings. The van der Waals surface area contributed by atoms with Crippen LogP contribution in [0.1, 0.15) is 47.3 Å². The third-order valence-corrected chi connectivity index (χ3v) is 7.88. The predicted octanol–water partition coefficient (Wildman–Crippen LogP) is 6.19. The van der Waals surface area contributed by atoms with E-state index < -0.39 is 0 Å². The number of amides is 1. The number of para-hydroxylation sites is 1. The van der Waals surface area contributed by atoms with Crippen LogP contribution in [0.5, 0.6) is 0 Å². The van der Waals surface area contributed by atoms with E-state index in [4.69, 9.17) is 4.98 Å². The van der Waals surface area contributed by atoms with Gasteiger partial charge in [-0.2, -0.15) is 0 Å². The predicted molar refractivity (Wildman–Crippen MR) is 154 cm³/mol. The van der Waals surface area contributed by atoms with Crippen molar-refractivity contribution in [3.8, 4) is 11.3 Å². The summed E-state index contributed by atoms with van der Waals surface area (Å²) in [6.45, 7) is 5.77. The van der Waals surface area contributed by atoms with Crippen molar-refractivity contribution in [3.05, 3.63) is 114 Å². The first-order chi connectivity index (χ1) is 18.7. The van der Waals surface area contributed by atoms with E-state index in [1.807, 2.05) is 60.7 Å². The van der Waals surface area contributed by atoms with Crippen molar-refractivity contribution in [2.45, 2.75) is 38.4 Å². The minimum atomic E-state index is -0.0586. The van der Waals surface area contributed by atoms with Crippen LogP contribution in [0.25, 0.3) is 22.2 Å². The number of carbonyl (C=O) groups excluding carboxylic acids is 1. The van der Waals surface area contributed by atoms with Gasteiger partial charge in [0.2, 0.25) is 0 Å². The molecule has 38 heavy (non-hydrogen) atoms. The Bertz CT molecular complexity index is 1450. The third kappa shape index (κ3) is 4.82. The normalized spacial score (nSPS) is 17.9. The number of pyridine rings is 1. The van der Waals surface area contributed by atoms with Crippen LogP contribution in [-0.2, 0) is 6.54 Å². The van der Waals surface area contributed by atoms with Crippen LogP contribution in [0.15, 0.2) is 97.2 Å². The highest BCUT2D eigenvalue weighted by Crippen LogP contribution is 2.33. The molecule has 1 amide bonds. The summed E-state index contributed by atoms with van der Waals surface area (Å²) >= 11 is 0. The van der Waals surface area contributed by atoms with Gasteiger partial charge in [0.25, 0.3) is 5.91 Å². The van der Waals surface area contributed by atoms with Gasteiger partial charge in [-0.25, -0.2) is 4.98 Å². The summed E-state index contributed by atoms with van der Waals surface area (Å²) in [7, 11) is 0. The number of piperazine rings is 1. The van der Waals surface area contributed by atoms with Crippen LogP contribution < -0.4 is 5.32 Å². The number of hydrogen-bond donors (Lipinski definition) is 1. The van der Waals surface area contributed by atoms with Crippen LogP contribution in [0.4, 0.5) is 0 Å². The third-order valence-electron chi connectivity index (χ3n) is 7.88. The Morgan fingerprint density at radius 2 is 1.71 bits per heavy atom. The molecule has 0 spiro atoms. The monoisotopic (exact) mass is 502 g/mol. The van der Waals surface area contributed by atoms with Crippen molar-refractivity contribution < 1.29 is 4.79 Å². The standard InChI is InChI=1S/C33H34N4O/c1-2-29(24-12-5-3-6-13-24)35-33(38)31-27-17-9-10-18-30(27)34-32(25-14-7-4-8-15-25)28(31)23-36-20-21-37-19-11-16-26(37)22-36/h3-15,17-19,26,29H,2,16,20-23H2,1H3,(H,35,38)/t26-,29?/m0/s1. The lowest BCUT2D eigenvalue weighted by atomic mass is 9.94. The van der Waals surface area contributed by atoms with Crippen LogP contribution in [0.3, 0.4) is 0 Å². The fraction of sp³-hybridized carbons (Fsp3) is 0.273. The van der Waals surface area contributed by atoms with Crippen molar-refractivity contribution in [1.29, 1.82) is 0 Å². The highest BCUT2D eigenvalue weighted by atomic mass is 16.1. The van der Waals surface area contributed by atoms with E-state index in [-0.39, 0.29) is 11.9 Å². The number of nitrogens with one attached hydrogen (secondary N) is 1. The number of hydrogen-bond acceptors (Lipinski definition) is 4. The maximum absolute atomic E-state index is 14.3. The van der Waals surface area contributed by atoms with Gasteiger partial charge in [0, 0.05) is 48.7 Å². The van der Waals surface area contributed by atoms with E-state index in [0.717, 1.165) is 71.3 Å². The van der Waals surface area contributed by atoms with Gasteiger partial charge in [0.1, 0.15) is 0 Å². The molecule has 2 atom stereocenters. The van der Waals surface area contributed by atoms with Gasteiger partial charge in [-0.05, 0) is 30.7 Å². The van der Waals surface area contributed by atoms with Gasteiger partial charge in [-0.1, -0.05) is 91.9 Å². The molecule has 0 saturated carbocycles. The van der Waals surface area contributed by atoms with Crippen molar-refractivity contribution in [3.63, 3.8) is 0 Å². The van der Waals surface area contributed by atoms with Crippen LogP contribution in [0.2, 0.25) is 0 Å². The number of fused-ring (bicyclic) bond motifs is 2. The molecule has 1 unspecified atom stereocenters. The second-order valence-electron chi connectivity index (χ2n) is 10.3. The Hall–Kier alpha value is -3.96. The summed E-state index contributed by atoms with van der Waals surface area (Å²) in [6, 6.07) is 29.1. The SMILES string of the molecule is CCC(NC(=O)c1c(CN2CCN3C=CC[C@H]3C2)c(-c2ccccc2)nc2ccccc12)c1ccccc1. The molecule has 0 bridgehead atoms. The average Bonchev–Trinajstić information content (AvgIpc) is 3.44. The summed E-state index contributed by atoms with van der Waals surface area (Å²) in [5.41, 5.74) is 5.66. The number of rotatable bonds is 7. The molecule has 1 saturated heterocycles. The fourth-order valence-electron chi connectivity index (χ4n) is 5.90. The first-order valence-electron chi connectivity index (χ1n) is 13.7. The van der Waals surface area contributed by atoms with Gasteiger partial charge in [-0.15, -0.1) is 0 Å². The summed E-state index contributed by atoms with van der Waals surface area (Å²) in [4.78, 5) is 24.4. The largest absolute Gasteiger partial charge is 0.372 e. The maximum Gasteiger partial charge on any atom is 0.252 e. The average molecular weight is 503 g/mol. The number of benzene rings is 3. The van der Waals surface area contributed by atoms with Gasteiger partial charge in [0.05, 0.1) is 22.8 Å². The lowest BCUT2D eigenvalue weighted by Crippen LogP contribution is -2.48. The van der Waals surface area contributed by atoms with Crippen molar-refractivity contribution in [2.75, 3.05) is 19.6 Å². The molecule has 192 valence electrons. The van der Waals surface area contributed by atoms with E-state index in [2.05, 4.69) is 58.6 Å². The van der Waals surface area contributed by atoms with Gasteiger partial charge >= 0.3 is 0 Å². The zero-order chi connectivity index (χ0) is 25.9. The van der Waals surface area contributed by atoms with E-state index >= 15 is 0 Å². The Labute approximate surface area is 224 Å². The highest BCUT2D eigenvalue weighted by Gasteiger charge is 2.30. The summed E-state index contributed by atoms with van der Waals surface area (Å²) < 4.78 is 0. The molecule has 1 N–H and O–H groups in total. The lowest BCUT2D eigenvalue weighted by molar-refractivity contribution is 0.0931. The molecule has 3 aromatic carbocycles. The Kier molecular flexibility index (Phi) is 6.93. The van der Waals surface area contributed by atoms with Crippen molar-refractivity contribution in [2.24, 2.45) is 0 Å². The molecule has 5 nitrogen and oxygen atoms in total. The maximum atomic E-state index is 14.3. The van der Waals surface area contributed by atoms with Crippen molar-refractivity contribution in [1.82, 2.24) is 20.1 Å². The smallest absolute Gasteiger partial charge is 0.252 e. The quantitative estimate of drug-likeness (QED) is 0.328. The fourth-order valence-corrected chi connectivity index (χ4v) is 5.90. The van der Waals surface area contributed by atoms with Gasteiger partial charge in [-0.3, -0.25) is 9.69 Å². The van der Waals surface area contributed by atoms with Crippen molar-refractivity contribution >= 4 is 16.8 Å². The Morgan fingerprint density at radius 3 is 2.50 bits per heavy atom. The zero-order valence-corrected chi connectivity index (χ0v) is 21.9. The number of aromatic nitrogens is 1. The summed E-state index contributed by atoms with van der Waals surface area (Å²) in [5.74, 6) is -0.0346. The summed E-state index contributed by atoms with van der Waals surface area (Å²) in [6.07, 6.45) is 6.41. The Balaban J connectivity index is 1.45. The molecule has 3 heterocycles. The topological polar surface area (TPSA) is 48.5 Å². The minimum Gasteiger partial charge on any atom is -0.372 e. The molecule has 6 rings (SSSR count). The van der Waals surface area contributed by atoms with E-state index in [0.29, 0.717) is 12.6 Å². The second-order valence-corrected chi connectivity index (χ2v) is 10.3. The number of nitrogens with zero attached hydrogens (tertiary/aromatic N) is 3. The van der Waals surface area contributed by atoms with Gasteiger partial charge in [0.15, 0.2) is 0 Å². The van der Waals surface area contributed by atoms with E-state index in [9.17, 15) is 4.79 Å². The van der Waals surface area contributed by atoms with E-state index in [1.165, 1.54) is 0 Å². The molecule has 0 radical (unpaired) electrons. The molecule has 2 aliphatic heterocycles. The molecular weight excluding hydrogens is 468 g/mol. The minimum absolute atomic E-state index is 0.0346. The molecule has 1 aromatic heterocycles. The Morgan fingerprint density at radius 1 is 0.974 bits per heavy atom. The zero-order valence-electron chi connectivity index (χ0n) is 21.9. The molecule has 0 aliphatic carbocycles. The van der Waals surface area contributed by atoms with Crippen LogP contribution in [-0.4, -0.2) is 46.4 Å². The lowest BCUT2D eigenvalue weighted by Gasteiger charge is -2.38. The van der Waals surface area contributed by atoms with Crippen LogP contribution >= 0.6 is 0 Å². The van der Waals surface area contributed by atoms with Crippen LogP contribution in [0, 0.1) is 0 Å². The summed E-state index contributed by atoms with van der Waals surface area (Å²) in [5, 5.41) is 4.29. The highest BCUT2D eigenvalue weighted by molar-refractivity contribution is 6.09. The van der Waals surface area contributed by atoms with Gasteiger partial charge < -0.3 is 10.2 Å². The second kappa shape index (κ2) is 10.8. The molecule has 2 aliphatic rings. The van der Waals surface area contributed by atoms with E-state index in [1.54, 1.807) is 0 Å².